The molecule has 1 aliphatic heterocycles. The summed E-state index contributed by atoms with van der Waals surface area (Å²) in [7, 11) is -3.38. The Hall–Kier alpha value is -1.10. The molecule has 0 spiro atoms. The number of sulfone groups is 1. The second-order valence-corrected chi connectivity index (χ2v) is 7.14. The lowest BCUT2D eigenvalue weighted by Crippen LogP contribution is -2.19. The highest BCUT2D eigenvalue weighted by molar-refractivity contribution is 7.91. The van der Waals surface area contributed by atoms with Crippen LogP contribution in [0, 0.1) is 12.7 Å². The highest BCUT2D eigenvalue weighted by atomic mass is 32.2. The first-order valence-electron chi connectivity index (χ1n) is 6.73. The van der Waals surface area contributed by atoms with Crippen molar-refractivity contribution in [2.24, 2.45) is 0 Å². The van der Waals surface area contributed by atoms with Crippen LogP contribution < -0.4 is 4.90 Å². The Morgan fingerprint density at radius 1 is 1.26 bits per heavy atom. The molecular weight excluding hydrogens is 265 g/mol. The first kappa shape index (κ1) is 14.3. The van der Waals surface area contributed by atoms with Crippen LogP contribution in [0.15, 0.2) is 17.0 Å². The fourth-order valence-electron chi connectivity index (χ4n) is 2.50. The fraction of sp³-hybridized carbons (Fsp3) is 0.571. The molecule has 0 saturated carbocycles. The van der Waals surface area contributed by atoms with E-state index >= 15 is 0 Å². The molecule has 1 aromatic carbocycles. The van der Waals surface area contributed by atoms with Crippen LogP contribution in [-0.4, -0.2) is 27.3 Å². The lowest BCUT2D eigenvalue weighted by atomic mass is 10.2. The van der Waals surface area contributed by atoms with Gasteiger partial charge in [0.05, 0.1) is 10.6 Å². The normalized spacial score (nSPS) is 16.1. The summed E-state index contributed by atoms with van der Waals surface area (Å²) in [5.74, 6) is -0.365. The van der Waals surface area contributed by atoms with Gasteiger partial charge >= 0.3 is 0 Å². The molecule has 0 unspecified atom stereocenters. The standard InChI is InChI=1S/C14H20FNO2S/c1-3-8-19(17,18)14-10-12(9-13(15)11(14)2)16-6-4-5-7-16/h9-10H,3-8H2,1-2H3. The van der Waals surface area contributed by atoms with Gasteiger partial charge in [-0.25, -0.2) is 12.8 Å². The third kappa shape index (κ3) is 2.91. The van der Waals surface area contributed by atoms with Gasteiger partial charge in [-0.3, -0.25) is 0 Å². The van der Waals surface area contributed by atoms with Crippen molar-refractivity contribution in [3.63, 3.8) is 0 Å². The molecule has 0 N–H and O–H groups in total. The number of rotatable bonds is 4. The average molecular weight is 285 g/mol. The molecule has 19 heavy (non-hydrogen) atoms. The predicted octanol–water partition coefficient (Wildman–Crippen LogP) is 2.92. The van der Waals surface area contributed by atoms with Crippen molar-refractivity contribution in [3.05, 3.63) is 23.5 Å². The third-order valence-electron chi connectivity index (χ3n) is 3.56. The van der Waals surface area contributed by atoms with Crippen molar-refractivity contribution < 1.29 is 12.8 Å². The largest absolute Gasteiger partial charge is 0.371 e. The van der Waals surface area contributed by atoms with Crippen LogP contribution in [0.1, 0.15) is 31.7 Å². The van der Waals surface area contributed by atoms with E-state index < -0.39 is 15.7 Å². The predicted molar refractivity (Wildman–Crippen MR) is 74.9 cm³/mol. The quantitative estimate of drug-likeness (QED) is 0.853. The zero-order chi connectivity index (χ0) is 14.0. The van der Waals surface area contributed by atoms with E-state index in [1.165, 1.54) is 13.0 Å². The molecule has 0 aromatic heterocycles. The molecule has 0 amide bonds. The van der Waals surface area contributed by atoms with Crippen molar-refractivity contribution in [1.82, 2.24) is 0 Å². The molecule has 0 atom stereocenters. The number of anilines is 1. The van der Waals surface area contributed by atoms with Crippen LogP contribution in [0.4, 0.5) is 10.1 Å². The summed E-state index contributed by atoms with van der Waals surface area (Å²) in [4.78, 5) is 2.20. The van der Waals surface area contributed by atoms with Gasteiger partial charge < -0.3 is 4.90 Å². The SMILES string of the molecule is CCCS(=O)(=O)c1cc(N2CCCC2)cc(F)c1C. The molecule has 3 nitrogen and oxygen atoms in total. The number of hydrogen-bond donors (Lipinski definition) is 0. The maximum Gasteiger partial charge on any atom is 0.178 e. The lowest BCUT2D eigenvalue weighted by Gasteiger charge is -2.20. The Labute approximate surface area is 114 Å². The van der Waals surface area contributed by atoms with Gasteiger partial charge in [0, 0.05) is 24.3 Å². The van der Waals surface area contributed by atoms with Gasteiger partial charge in [0.15, 0.2) is 9.84 Å². The van der Waals surface area contributed by atoms with Gasteiger partial charge in [0.25, 0.3) is 0 Å². The second-order valence-electron chi connectivity index (χ2n) is 5.06. The summed E-state index contributed by atoms with van der Waals surface area (Å²) in [6, 6.07) is 3.08. The van der Waals surface area contributed by atoms with E-state index in [1.54, 1.807) is 6.07 Å². The van der Waals surface area contributed by atoms with E-state index in [9.17, 15) is 12.8 Å². The molecule has 2 rings (SSSR count). The van der Waals surface area contributed by atoms with Crippen LogP contribution >= 0.6 is 0 Å². The Kier molecular flexibility index (Phi) is 4.13. The van der Waals surface area contributed by atoms with Crippen molar-refractivity contribution >= 4 is 15.5 Å². The molecule has 0 radical (unpaired) electrons. The topological polar surface area (TPSA) is 37.4 Å². The number of nitrogens with zero attached hydrogens (tertiary/aromatic N) is 1. The highest BCUT2D eigenvalue weighted by Crippen LogP contribution is 2.28. The van der Waals surface area contributed by atoms with E-state index in [0.717, 1.165) is 25.9 Å². The van der Waals surface area contributed by atoms with Crippen molar-refractivity contribution in [3.8, 4) is 0 Å². The van der Waals surface area contributed by atoms with E-state index in [0.29, 0.717) is 12.1 Å². The van der Waals surface area contributed by atoms with Crippen LogP contribution in [0.25, 0.3) is 0 Å². The number of benzene rings is 1. The van der Waals surface area contributed by atoms with Crippen LogP contribution in [-0.2, 0) is 9.84 Å². The van der Waals surface area contributed by atoms with E-state index in [-0.39, 0.29) is 16.2 Å². The van der Waals surface area contributed by atoms with Crippen LogP contribution in [0.2, 0.25) is 0 Å². The Balaban J connectivity index is 2.48. The molecule has 5 heteroatoms. The molecule has 1 heterocycles. The van der Waals surface area contributed by atoms with E-state index in [2.05, 4.69) is 0 Å². The second kappa shape index (κ2) is 5.49. The van der Waals surface area contributed by atoms with Crippen molar-refractivity contribution in [2.45, 2.75) is 38.0 Å². The minimum absolute atomic E-state index is 0.0662. The molecule has 106 valence electrons. The Morgan fingerprint density at radius 2 is 1.89 bits per heavy atom. The molecular formula is C14H20FNO2S. The molecule has 0 aliphatic carbocycles. The summed E-state index contributed by atoms with van der Waals surface area (Å²) in [6.45, 7) is 5.09. The van der Waals surface area contributed by atoms with Gasteiger partial charge in [0.1, 0.15) is 5.82 Å². The molecule has 0 bridgehead atoms. The van der Waals surface area contributed by atoms with Crippen LogP contribution in [0.3, 0.4) is 0 Å². The fourth-order valence-corrected chi connectivity index (χ4v) is 4.12. The number of halogens is 1. The zero-order valence-electron chi connectivity index (χ0n) is 11.4. The molecule has 1 aromatic rings. The minimum Gasteiger partial charge on any atom is -0.371 e. The Bertz CT molecular complexity index is 563. The highest BCUT2D eigenvalue weighted by Gasteiger charge is 2.22. The van der Waals surface area contributed by atoms with Gasteiger partial charge in [-0.05, 0) is 38.3 Å². The van der Waals surface area contributed by atoms with Gasteiger partial charge in [-0.15, -0.1) is 0 Å². The third-order valence-corrected chi connectivity index (χ3v) is 5.60. The maximum atomic E-state index is 14.0. The van der Waals surface area contributed by atoms with Gasteiger partial charge in [0.2, 0.25) is 0 Å². The monoisotopic (exact) mass is 285 g/mol. The van der Waals surface area contributed by atoms with E-state index in [4.69, 9.17) is 0 Å². The summed E-state index contributed by atoms with van der Waals surface area (Å²) >= 11 is 0. The molecule has 1 saturated heterocycles. The minimum atomic E-state index is -3.38. The zero-order valence-corrected chi connectivity index (χ0v) is 12.3. The molecule has 1 aliphatic rings. The first-order chi connectivity index (χ1) is 8.95. The van der Waals surface area contributed by atoms with E-state index in [1.807, 2.05) is 11.8 Å². The van der Waals surface area contributed by atoms with Crippen molar-refractivity contribution in [1.29, 1.82) is 0 Å². The Morgan fingerprint density at radius 3 is 2.47 bits per heavy atom. The first-order valence-corrected chi connectivity index (χ1v) is 8.39. The van der Waals surface area contributed by atoms with Crippen molar-refractivity contribution in [2.75, 3.05) is 23.7 Å². The van der Waals surface area contributed by atoms with Gasteiger partial charge in [-0.2, -0.15) is 0 Å². The van der Waals surface area contributed by atoms with Gasteiger partial charge in [-0.1, -0.05) is 6.92 Å². The summed E-state index contributed by atoms with van der Waals surface area (Å²) in [5, 5.41) is 0. The summed E-state index contributed by atoms with van der Waals surface area (Å²) in [5.41, 5.74) is 0.923. The number of hydrogen-bond acceptors (Lipinski definition) is 3. The lowest BCUT2D eigenvalue weighted by molar-refractivity contribution is 0.585. The van der Waals surface area contributed by atoms with Crippen LogP contribution in [0.5, 0.6) is 0 Å². The summed E-state index contributed by atoms with van der Waals surface area (Å²) < 4.78 is 38.3. The smallest absolute Gasteiger partial charge is 0.178 e. The maximum absolute atomic E-state index is 14.0. The average Bonchev–Trinajstić information content (AvgIpc) is 2.85. The summed E-state index contributed by atoms with van der Waals surface area (Å²) in [6.07, 6.45) is 2.69. The molecule has 1 fully saturated rings.